The molecule has 2 saturated heterocycles. The summed E-state index contributed by atoms with van der Waals surface area (Å²) in [5, 5.41) is 4.43. The van der Waals surface area contributed by atoms with Crippen molar-refractivity contribution in [2.45, 2.75) is 176 Å². The largest absolute Gasteiger partial charge is 0.380 e. The van der Waals surface area contributed by atoms with E-state index in [4.69, 9.17) is 14.4 Å². The number of carbonyl (C=O) groups excluding carboxylic acids is 7. The first-order valence-corrected chi connectivity index (χ1v) is 26.9. The topological polar surface area (TPSA) is 195 Å². The monoisotopic (exact) mass is 1020 g/mol. The van der Waals surface area contributed by atoms with Gasteiger partial charge in [0.15, 0.2) is 0 Å². The molecule has 3 fully saturated rings. The van der Waals surface area contributed by atoms with Gasteiger partial charge in [-0.25, -0.2) is 0 Å². The SMILES string of the molecule is CC1C2CCC(C2)N1C(=O)CCCCCN(C)C(=O)/C=C\C=O.CCC.CCC(C)C(C(CC)OC)N(C)C.COC(C(C)C)C1CCCN1C=O.Cc1ccccc1.O=CCNC=O.O=CNCPO. The molecule has 2 heterocycles. The Morgan fingerprint density at radius 3 is 1.92 bits per heavy atom. The first-order valence-electron chi connectivity index (χ1n) is 25.7. The van der Waals surface area contributed by atoms with E-state index in [0.29, 0.717) is 92.7 Å². The number of aryl methyl sites for hydroxylation is 1. The van der Waals surface area contributed by atoms with Gasteiger partial charge in [-0.05, 0) is 103 Å². The normalized spacial score (nSPS) is 18.9. The summed E-state index contributed by atoms with van der Waals surface area (Å²) in [5.41, 5.74) is 1.32. The molecule has 2 bridgehead atoms. The van der Waals surface area contributed by atoms with E-state index in [1.165, 1.54) is 49.8 Å². The van der Waals surface area contributed by atoms with Crippen LogP contribution in [-0.4, -0.2) is 166 Å². The van der Waals surface area contributed by atoms with Crippen molar-refractivity contribution in [1.29, 1.82) is 0 Å². The van der Waals surface area contributed by atoms with Gasteiger partial charge in [0, 0.05) is 73.8 Å². The highest BCUT2D eigenvalue weighted by Gasteiger charge is 2.45. The maximum atomic E-state index is 12.4. The third-order valence-corrected chi connectivity index (χ3v) is 12.9. The summed E-state index contributed by atoms with van der Waals surface area (Å²) in [6.07, 6.45) is 19.4. The number of nitrogens with one attached hydrogen (secondary N) is 2. The first kappa shape index (κ1) is 71.2. The van der Waals surface area contributed by atoms with Gasteiger partial charge in [0.2, 0.25) is 31.0 Å². The quantitative estimate of drug-likeness (QED) is 0.0403. The zero-order valence-corrected chi connectivity index (χ0v) is 47.3. The van der Waals surface area contributed by atoms with Crippen molar-refractivity contribution < 1.29 is 47.9 Å². The Morgan fingerprint density at radius 1 is 0.887 bits per heavy atom. The maximum Gasteiger partial charge on any atom is 0.246 e. The molecule has 5 amide bonds. The zero-order valence-electron chi connectivity index (χ0n) is 46.3. The maximum absolute atomic E-state index is 12.4. The van der Waals surface area contributed by atoms with Crippen LogP contribution in [0.25, 0.3) is 0 Å². The molecule has 17 heteroatoms. The lowest BCUT2D eigenvalue weighted by atomic mass is 9.92. The van der Waals surface area contributed by atoms with Crippen LogP contribution in [-0.2, 0) is 43.0 Å². The molecule has 410 valence electrons. The van der Waals surface area contributed by atoms with Crippen molar-refractivity contribution in [2.75, 3.05) is 61.3 Å². The summed E-state index contributed by atoms with van der Waals surface area (Å²) in [4.78, 5) is 88.7. The Hall–Kier alpha value is -4.08. The van der Waals surface area contributed by atoms with Crippen molar-refractivity contribution in [3.05, 3.63) is 48.0 Å². The Morgan fingerprint density at radius 2 is 1.52 bits per heavy atom. The molecule has 1 aliphatic carbocycles. The fraction of sp³-hybridized carbons (Fsp3) is 0.722. The van der Waals surface area contributed by atoms with Gasteiger partial charge in [0.1, 0.15) is 12.6 Å². The number of hydrogen-bond acceptors (Lipinski definition) is 11. The van der Waals surface area contributed by atoms with Crippen LogP contribution in [0, 0.1) is 24.7 Å². The Bertz CT molecular complexity index is 1510. The highest BCUT2D eigenvalue weighted by molar-refractivity contribution is 7.31. The average molecular weight is 1020 g/mol. The summed E-state index contributed by atoms with van der Waals surface area (Å²) >= 11 is 0. The molecule has 9 atom stereocenters. The van der Waals surface area contributed by atoms with E-state index in [-0.39, 0.29) is 27.4 Å². The van der Waals surface area contributed by atoms with Crippen molar-refractivity contribution >= 4 is 52.4 Å². The number of allylic oxidation sites excluding steroid dienone is 1. The van der Waals surface area contributed by atoms with Gasteiger partial charge in [-0.15, -0.1) is 0 Å². The number of piperidine rings is 1. The second kappa shape index (κ2) is 47.0. The highest BCUT2D eigenvalue weighted by atomic mass is 31.1. The number of amides is 5. The van der Waals surface area contributed by atoms with Gasteiger partial charge in [0.05, 0.1) is 31.1 Å². The number of likely N-dealkylation sites (tertiary alicyclic amines) is 2. The van der Waals surface area contributed by atoms with Gasteiger partial charge in [-0.2, -0.15) is 0 Å². The van der Waals surface area contributed by atoms with Gasteiger partial charge in [0.25, 0.3) is 0 Å². The lowest BCUT2D eigenvalue weighted by Gasteiger charge is -2.35. The smallest absolute Gasteiger partial charge is 0.246 e. The molecule has 1 aromatic carbocycles. The fourth-order valence-corrected chi connectivity index (χ4v) is 9.02. The summed E-state index contributed by atoms with van der Waals surface area (Å²) in [7, 11) is 9.37. The Balaban J connectivity index is -0.000000832. The molecular weight excluding hydrogens is 924 g/mol. The minimum absolute atomic E-state index is 0.115. The van der Waals surface area contributed by atoms with Crippen LogP contribution in [0.15, 0.2) is 42.5 Å². The van der Waals surface area contributed by atoms with Crippen LogP contribution in [0.5, 0.6) is 0 Å². The third-order valence-electron chi connectivity index (χ3n) is 12.5. The molecule has 0 radical (unpaired) electrons. The second-order valence-corrected chi connectivity index (χ2v) is 19.2. The van der Waals surface area contributed by atoms with Gasteiger partial charge in [-0.1, -0.05) is 104 Å². The summed E-state index contributed by atoms with van der Waals surface area (Å²) in [6, 6.07) is 12.0. The lowest BCUT2D eigenvalue weighted by Crippen LogP contribution is -2.44. The molecule has 2 aliphatic heterocycles. The third kappa shape index (κ3) is 32.6. The summed E-state index contributed by atoms with van der Waals surface area (Å²) in [5.74, 6) is 2.04. The minimum Gasteiger partial charge on any atom is -0.380 e. The van der Waals surface area contributed by atoms with E-state index >= 15 is 0 Å². The molecule has 16 nitrogen and oxygen atoms in total. The van der Waals surface area contributed by atoms with Crippen LogP contribution < -0.4 is 10.6 Å². The molecule has 4 rings (SSSR count). The number of aldehydes is 2. The van der Waals surface area contributed by atoms with Gasteiger partial charge < -0.3 is 49.4 Å². The van der Waals surface area contributed by atoms with Crippen LogP contribution in [0.3, 0.4) is 0 Å². The van der Waals surface area contributed by atoms with E-state index in [1.54, 1.807) is 19.1 Å². The minimum atomic E-state index is -0.178. The van der Waals surface area contributed by atoms with E-state index < -0.39 is 0 Å². The van der Waals surface area contributed by atoms with Crippen LogP contribution in [0.1, 0.15) is 138 Å². The molecule has 3 N–H and O–H groups in total. The number of methoxy groups -OCH3 is 2. The Labute approximate surface area is 432 Å². The number of ether oxygens (including phenoxy) is 2. The van der Waals surface area contributed by atoms with E-state index in [2.05, 4.69) is 109 Å². The van der Waals surface area contributed by atoms with Crippen molar-refractivity contribution in [3.8, 4) is 0 Å². The fourth-order valence-electron chi connectivity index (χ4n) is 8.85. The van der Waals surface area contributed by atoms with Gasteiger partial charge >= 0.3 is 0 Å². The molecule has 1 saturated carbocycles. The highest BCUT2D eigenvalue weighted by Crippen LogP contribution is 2.42. The average Bonchev–Trinajstić information content (AvgIpc) is 4.12. The number of nitrogens with zero attached hydrogens (tertiary/aromatic N) is 4. The van der Waals surface area contributed by atoms with Crippen molar-refractivity contribution in [3.63, 3.8) is 0 Å². The number of benzene rings is 1. The molecule has 71 heavy (non-hydrogen) atoms. The predicted octanol–water partition coefficient (Wildman–Crippen LogP) is 7.44. The number of carbonyl (C=O) groups is 7. The van der Waals surface area contributed by atoms with Crippen LogP contribution >= 0.6 is 8.81 Å². The number of fused-ring (bicyclic) bond motifs is 2. The summed E-state index contributed by atoms with van der Waals surface area (Å²) in [6.45, 7) is 21.2. The molecule has 3 aliphatic rings. The standard InChI is InChI=1S/C18H28N2O3.C11H25NO.C10H19NO2.C7H8.C3H5NO2.C3H8.C2H6NO2P/c1-14-15-9-10-16(13-15)20(14)18(23)7-4-3-5-11-19(2)17(22)8-6-12-21;1-7-9(3)11(12(4)5)10(8-2)13-6;1-8(2)10(13-3)9-5-4-6-11(9)7-12;1-7-5-3-2-4-6-7;5-2-1-4-3-6;1-3-2;4-1-3-2-6-5/h6,8,12,14-16H,3-5,7,9-11,13H2,1-2H3;9-11H,7-8H2,1-6H3;7-10H,4-6H2,1-3H3;2-6H,1H3;2-3H,1H2,(H,4,6);3H2,1-2H3;1,5-6H,2H2,(H,3,4)/b8-6-;;;;;;. The first-order chi connectivity index (χ1) is 34.0. The van der Waals surface area contributed by atoms with Crippen molar-refractivity contribution in [1.82, 2.24) is 30.2 Å². The molecule has 1 aromatic rings. The second-order valence-electron chi connectivity index (χ2n) is 18.6. The van der Waals surface area contributed by atoms with Crippen LogP contribution in [0.2, 0.25) is 0 Å². The summed E-state index contributed by atoms with van der Waals surface area (Å²) < 4.78 is 10.9. The number of hydrogen-bond donors (Lipinski definition) is 3. The van der Waals surface area contributed by atoms with Crippen LogP contribution in [0.4, 0.5) is 0 Å². The number of rotatable bonds is 24. The number of unbranched alkanes of at least 4 members (excludes halogenated alkanes) is 2. The lowest BCUT2D eigenvalue weighted by molar-refractivity contribution is -0.135. The van der Waals surface area contributed by atoms with E-state index in [0.717, 1.165) is 57.4 Å². The molecular formula is C54H99N6O10P. The Kier molecular flexibility index (Phi) is 47.1. The predicted molar refractivity (Wildman–Crippen MR) is 290 cm³/mol. The zero-order chi connectivity index (χ0) is 54.6. The van der Waals surface area contributed by atoms with Crippen molar-refractivity contribution in [2.24, 2.45) is 17.8 Å². The number of likely N-dealkylation sites (N-methyl/N-ethyl adjacent to an activating group) is 2. The molecule has 9 unspecified atom stereocenters. The van der Waals surface area contributed by atoms with Gasteiger partial charge in [-0.3, -0.25) is 28.8 Å². The van der Waals surface area contributed by atoms with E-state index in [1.807, 2.05) is 30.2 Å². The molecule has 0 aromatic heterocycles. The molecule has 0 spiro atoms. The van der Waals surface area contributed by atoms with E-state index in [9.17, 15) is 33.6 Å².